The summed E-state index contributed by atoms with van der Waals surface area (Å²) in [5, 5.41) is 2.12. The molecule has 0 aliphatic rings. The van der Waals surface area contributed by atoms with E-state index in [9.17, 15) is 0 Å². The minimum Gasteiger partial charge on any atom is -0.496 e. The summed E-state index contributed by atoms with van der Waals surface area (Å²) in [5.74, 6) is 1.73. The molecule has 2 heterocycles. The second-order valence-corrected chi connectivity index (χ2v) is 5.27. The Bertz CT molecular complexity index is 729. The summed E-state index contributed by atoms with van der Waals surface area (Å²) < 4.78 is 7.56. The lowest BCUT2D eigenvalue weighted by molar-refractivity contribution is 0.416. The smallest absolute Gasteiger partial charge is 0.128 e. The van der Waals surface area contributed by atoms with Gasteiger partial charge in [-0.05, 0) is 19.1 Å². The molecule has 3 aromatic rings. The van der Waals surface area contributed by atoms with Gasteiger partial charge in [-0.2, -0.15) is 0 Å². The van der Waals surface area contributed by atoms with Crippen molar-refractivity contribution in [2.75, 3.05) is 7.11 Å². The van der Waals surface area contributed by atoms with Gasteiger partial charge in [-0.3, -0.25) is 4.40 Å². The Balaban J connectivity index is 2.29. The summed E-state index contributed by atoms with van der Waals surface area (Å²) in [6.45, 7) is 2.50. The van der Waals surface area contributed by atoms with Crippen molar-refractivity contribution in [3.05, 3.63) is 41.2 Å². The highest BCUT2D eigenvalue weighted by Gasteiger charge is 2.14. The molecule has 19 heavy (non-hydrogen) atoms. The van der Waals surface area contributed by atoms with Crippen molar-refractivity contribution in [1.29, 1.82) is 0 Å². The van der Waals surface area contributed by atoms with E-state index in [4.69, 9.17) is 10.5 Å². The Morgan fingerprint density at radius 2 is 2.26 bits per heavy atom. The summed E-state index contributed by atoms with van der Waals surface area (Å²) >= 11 is 1.66. The largest absolute Gasteiger partial charge is 0.496 e. The molecule has 0 saturated carbocycles. The molecule has 2 N–H and O–H groups in total. The fourth-order valence-corrected chi connectivity index (χ4v) is 3.12. The molecular weight excluding hydrogens is 258 g/mol. The van der Waals surface area contributed by atoms with Crippen LogP contribution in [0.3, 0.4) is 0 Å². The molecule has 0 bridgehead atoms. The molecule has 1 aromatic carbocycles. The normalized spacial score (nSPS) is 11.1. The first-order chi connectivity index (χ1) is 9.24. The van der Waals surface area contributed by atoms with Gasteiger partial charge in [0.15, 0.2) is 0 Å². The van der Waals surface area contributed by atoms with Gasteiger partial charge < -0.3 is 10.5 Å². The molecule has 0 radical (unpaired) electrons. The molecule has 0 saturated heterocycles. The zero-order chi connectivity index (χ0) is 13.4. The van der Waals surface area contributed by atoms with Crippen LogP contribution >= 0.6 is 11.3 Å². The summed E-state index contributed by atoms with van der Waals surface area (Å²) in [4.78, 5) is 5.44. The molecule has 0 aliphatic heterocycles. The lowest BCUT2D eigenvalue weighted by atomic mass is 10.1. The number of aromatic nitrogens is 2. The van der Waals surface area contributed by atoms with Crippen LogP contribution in [-0.4, -0.2) is 16.5 Å². The van der Waals surface area contributed by atoms with Crippen LogP contribution in [0, 0.1) is 6.92 Å². The number of hydrogen-bond donors (Lipinski definition) is 1. The number of nitrogens with two attached hydrogens (primary N) is 1. The van der Waals surface area contributed by atoms with Crippen LogP contribution in [0.5, 0.6) is 5.75 Å². The zero-order valence-electron chi connectivity index (χ0n) is 10.9. The van der Waals surface area contributed by atoms with E-state index in [2.05, 4.69) is 27.8 Å². The monoisotopic (exact) mass is 273 g/mol. The number of imidazole rings is 1. The van der Waals surface area contributed by atoms with E-state index < -0.39 is 0 Å². The Labute approximate surface area is 115 Å². The van der Waals surface area contributed by atoms with Crippen molar-refractivity contribution in [3.8, 4) is 17.0 Å². The number of benzene rings is 1. The maximum atomic E-state index is 5.76. The number of nitrogens with zero attached hydrogens (tertiary/aromatic N) is 2. The van der Waals surface area contributed by atoms with Gasteiger partial charge in [-0.25, -0.2) is 4.98 Å². The number of ether oxygens (including phenoxy) is 1. The highest BCUT2D eigenvalue weighted by molar-refractivity contribution is 7.15. The van der Waals surface area contributed by atoms with E-state index in [0.717, 1.165) is 27.7 Å². The molecule has 0 aliphatic carbocycles. The summed E-state index contributed by atoms with van der Waals surface area (Å²) in [5.41, 5.74) is 9.11. The molecular formula is C14H15N3OS. The Morgan fingerprint density at radius 3 is 3.00 bits per heavy atom. The van der Waals surface area contributed by atoms with Gasteiger partial charge in [0.1, 0.15) is 16.4 Å². The van der Waals surface area contributed by atoms with Crippen LogP contribution in [0.25, 0.3) is 16.1 Å². The van der Waals surface area contributed by atoms with E-state index in [-0.39, 0.29) is 0 Å². The highest BCUT2D eigenvalue weighted by Crippen LogP contribution is 2.34. The SMILES string of the molecule is COc1ccc(C)cc1-c1csc2cnc(CN)n12. The fourth-order valence-electron chi connectivity index (χ4n) is 2.23. The molecule has 0 spiro atoms. The van der Waals surface area contributed by atoms with Crippen molar-refractivity contribution in [1.82, 2.24) is 9.38 Å². The minimum absolute atomic E-state index is 0.423. The maximum absolute atomic E-state index is 5.76. The third kappa shape index (κ3) is 1.91. The van der Waals surface area contributed by atoms with Crippen LogP contribution in [0.15, 0.2) is 29.8 Å². The Kier molecular flexibility index (Phi) is 3.00. The third-order valence-electron chi connectivity index (χ3n) is 3.15. The van der Waals surface area contributed by atoms with Crippen molar-refractivity contribution >= 4 is 16.2 Å². The zero-order valence-corrected chi connectivity index (χ0v) is 11.7. The van der Waals surface area contributed by atoms with Crippen LogP contribution in [0.1, 0.15) is 11.4 Å². The number of fused-ring (bicyclic) bond motifs is 1. The van der Waals surface area contributed by atoms with Crippen molar-refractivity contribution < 1.29 is 4.74 Å². The number of thiazole rings is 1. The van der Waals surface area contributed by atoms with Crippen molar-refractivity contribution in [2.45, 2.75) is 13.5 Å². The number of methoxy groups -OCH3 is 1. The molecule has 0 unspecified atom stereocenters. The third-order valence-corrected chi connectivity index (χ3v) is 4.02. The summed E-state index contributed by atoms with van der Waals surface area (Å²) in [7, 11) is 1.69. The maximum Gasteiger partial charge on any atom is 0.128 e. The molecule has 98 valence electrons. The average Bonchev–Trinajstić information content (AvgIpc) is 2.99. The van der Waals surface area contributed by atoms with Gasteiger partial charge >= 0.3 is 0 Å². The van der Waals surface area contributed by atoms with Crippen LogP contribution in [0.2, 0.25) is 0 Å². The second kappa shape index (κ2) is 4.68. The van der Waals surface area contributed by atoms with Crippen molar-refractivity contribution in [3.63, 3.8) is 0 Å². The first-order valence-corrected chi connectivity index (χ1v) is 6.91. The lowest BCUT2D eigenvalue weighted by Crippen LogP contribution is -2.03. The molecule has 3 rings (SSSR count). The average molecular weight is 273 g/mol. The molecule has 4 nitrogen and oxygen atoms in total. The van der Waals surface area contributed by atoms with E-state index >= 15 is 0 Å². The Morgan fingerprint density at radius 1 is 1.42 bits per heavy atom. The molecule has 0 fully saturated rings. The standard InChI is InChI=1S/C14H15N3OS/c1-9-3-4-12(18-2)10(5-9)11-8-19-14-7-16-13(6-15)17(11)14/h3-5,7-8H,6,15H2,1-2H3. The Hall–Kier alpha value is -1.85. The number of hydrogen-bond acceptors (Lipinski definition) is 4. The van der Waals surface area contributed by atoms with Gasteiger partial charge in [0, 0.05) is 10.9 Å². The van der Waals surface area contributed by atoms with Gasteiger partial charge in [0.05, 0.1) is 25.5 Å². The van der Waals surface area contributed by atoms with Crippen LogP contribution < -0.4 is 10.5 Å². The van der Waals surface area contributed by atoms with Crippen LogP contribution in [0.4, 0.5) is 0 Å². The van der Waals surface area contributed by atoms with Crippen LogP contribution in [-0.2, 0) is 6.54 Å². The fraction of sp³-hybridized carbons (Fsp3) is 0.214. The first kappa shape index (κ1) is 12.2. The van der Waals surface area contributed by atoms with Gasteiger partial charge in [-0.15, -0.1) is 11.3 Å². The predicted molar refractivity (Wildman–Crippen MR) is 77.7 cm³/mol. The minimum atomic E-state index is 0.423. The van der Waals surface area contributed by atoms with Gasteiger partial charge in [-0.1, -0.05) is 11.6 Å². The molecule has 0 atom stereocenters. The molecule has 0 amide bonds. The van der Waals surface area contributed by atoms with E-state index in [1.807, 2.05) is 18.3 Å². The lowest BCUT2D eigenvalue weighted by Gasteiger charge is -2.09. The van der Waals surface area contributed by atoms with Gasteiger partial charge in [0.25, 0.3) is 0 Å². The quantitative estimate of drug-likeness (QED) is 0.798. The molecule has 5 heteroatoms. The predicted octanol–water partition coefficient (Wildman–Crippen LogP) is 2.84. The molecule has 2 aromatic heterocycles. The first-order valence-electron chi connectivity index (χ1n) is 6.03. The van der Waals surface area contributed by atoms with E-state index in [1.54, 1.807) is 18.4 Å². The summed E-state index contributed by atoms with van der Waals surface area (Å²) in [6.07, 6.45) is 1.86. The number of aryl methyl sites for hydroxylation is 1. The van der Waals surface area contributed by atoms with Crippen molar-refractivity contribution in [2.24, 2.45) is 5.73 Å². The second-order valence-electron chi connectivity index (χ2n) is 4.38. The van der Waals surface area contributed by atoms with Gasteiger partial charge in [0.2, 0.25) is 0 Å². The summed E-state index contributed by atoms with van der Waals surface area (Å²) in [6, 6.07) is 6.16. The topological polar surface area (TPSA) is 52.5 Å². The van der Waals surface area contributed by atoms with E-state index in [1.165, 1.54) is 5.56 Å². The van der Waals surface area contributed by atoms with E-state index in [0.29, 0.717) is 6.54 Å². The highest BCUT2D eigenvalue weighted by atomic mass is 32.1. The number of rotatable bonds is 3.